The summed E-state index contributed by atoms with van der Waals surface area (Å²) in [6.07, 6.45) is 6.03. The normalized spacial score (nSPS) is 13.6. The smallest absolute Gasteiger partial charge is 0.262 e. The predicted molar refractivity (Wildman–Crippen MR) is 141 cm³/mol. The third-order valence-corrected chi connectivity index (χ3v) is 8.16. The Morgan fingerprint density at radius 1 is 1.14 bits per heavy atom. The van der Waals surface area contributed by atoms with Crippen molar-refractivity contribution in [1.29, 1.82) is 0 Å². The van der Waals surface area contributed by atoms with Crippen molar-refractivity contribution in [1.82, 2.24) is 24.0 Å². The minimum absolute atomic E-state index is 0.0336. The van der Waals surface area contributed by atoms with Crippen molar-refractivity contribution < 1.29 is 4.79 Å². The van der Waals surface area contributed by atoms with Gasteiger partial charge in [0.2, 0.25) is 11.9 Å². The highest BCUT2D eigenvalue weighted by atomic mass is 32.1. The van der Waals surface area contributed by atoms with Gasteiger partial charge < -0.3 is 9.47 Å². The number of carbonyl (C=O) groups excluding carboxylic acids is 1. The molecule has 1 aliphatic rings. The molecule has 0 unspecified atom stereocenters. The quantitative estimate of drug-likeness (QED) is 0.381. The molecule has 0 radical (unpaired) electrons. The van der Waals surface area contributed by atoms with Crippen LogP contribution in [0.5, 0.6) is 0 Å². The number of anilines is 1. The molecule has 184 valence electrons. The Kier molecular flexibility index (Phi) is 6.97. The van der Waals surface area contributed by atoms with E-state index in [0.717, 1.165) is 66.7 Å². The molecule has 4 aromatic rings. The standard InChI is InChI=1S/C26H32N6O2S/c1-3-30(4-2)15-16-32-20-11-7-6-10-19(20)28-26(32)29-22(33)13-14-31-17-27-24-23(25(31)34)18-9-5-8-12-21(18)35-24/h6-7,10-11,17H,3-5,8-9,12-16H2,1-2H3,(H,28,29,33). The maximum Gasteiger partial charge on any atom is 0.262 e. The number of rotatable bonds is 9. The third-order valence-electron chi connectivity index (χ3n) is 6.96. The van der Waals surface area contributed by atoms with Crippen molar-refractivity contribution in [2.45, 2.75) is 59.0 Å². The molecule has 0 aliphatic heterocycles. The molecule has 3 aromatic heterocycles. The van der Waals surface area contributed by atoms with E-state index in [9.17, 15) is 9.59 Å². The molecule has 1 N–H and O–H groups in total. The van der Waals surface area contributed by atoms with Crippen molar-refractivity contribution in [2.24, 2.45) is 0 Å². The first kappa shape index (κ1) is 23.7. The summed E-state index contributed by atoms with van der Waals surface area (Å²) in [5, 5.41) is 3.75. The molecule has 35 heavy (non-hydrogen) atoms. The van der Waals surface area contributed by atoms with E-state index in [1.807, 2.05) is 24.3 Å². The van der Waals surface area contributed by atoms with Gasteiger partial charge in [0.15, 0.2) is 0 Å². The highest BCUT2D eigenvalue weighted by molar-refractivity contribution is 7.18. The Labute approximate surface area is 208 Å². The van der Waals surface area contributed by atoms with Gasteiger partial charge in [-0.3, -0.25) is 19.5 Å². The van der Waals surface area contributed by atoms with Crippen LogP contribution in [-0.4, -0.2) is 49.5 Å². The third kappa shape index (κ3) is 4.75. The van der Waals surface area contributed by atoms with Crippen LogP contribution in [-0.2, 0) is 30.7 Å². The van der Waals surface area contributed by atoms with Gasteiger partial charge in [0, 0.05) is 30.9 Å². The molecular weight excluding hydrogens is 460 g/mol. The summed E-state index contributed by atoms with van der Waals surface area (Å²) in [6, 6.07) is 7.93. The van der Waals surface area contributed by atoms with Gasteiger partial charge in [-0.25, -0.2) is 9.97 Å². The molecule has 0 saturated carbocycles. The average Bonchev–Trinajstić information content (AvgIpc) is 3.42. The lowest BCUT2D eigenvalue weighted by Crippen LogP contribution is -2.28. The lowest BCUT2D eigenvalue weighted by Gasteiger charge is -2.19. The van der Waals surface area contributed by atoms with Crippen LogP contribution in [0.4, 0.5) is 5.95 Å². The molecule has 9 heteroatoms. The number of para-hydroxylation sites is 2. The van der Waals surface area contributed by atoms with E-state index in [2.05, 4.69) is 38.6 Å². The van der Waals surface area contributed by atoms with Gasteiger partial charge in [0.25, 0.3) is 5.56 Å². The maximum atomic E-state index is 13.2. The molecule has 3 heterocycles. The van der Waals surface area contributed by atoms with E-state index in [1.165, 1.54) is 16.9 Å². The number of carbonyl (C=O) groups is 1. The number of fused-ring (bicyclic) bond motifs is 4. The molecule has 0 fully saturated rings. The summed E-state index contributed by atoms with van der Waals surface area (Å²) in [5.74, 6) is 0.389. The number of hydrogen-bond acceptors (Lipinski definition) is 6. The SMILES string of the molecule is CCN(CC)CCn1c(NC(=O)CCn2cnc3sc4c(c3c2=O)CCCC4)nc2ccccc21. The summed E-state index contributed by atoms with van der Waals surface area (Å²) < 4.78 is 3.65. The van der Waals surface area contributed by atoms with Gasteiger partial charge in [-0.15, -0.1) is 11.3 Å². The van der Waals surface area contributed by atoms with E-state index in [4.69, 9.17) is 0 Å². The molecule has 1 amide bonds. The van der Waals surface area contributed by atoms with E-state index >= 15 is 0 Å². The number of hydrogen-bond donors (Lipinski definition) is 1. The average molecular weight is 493 g/mol. The number of aromatic nitrogens is 4. The zero-order valence-corrected chi connectivity index (χ0v) is 21.2. The zero-order valence-electron chi connectivity index (χ0n) is 20.4. The molecule has 5 rings (SSSR count). The van der Waals surface area contributed by atoms with Crippen molar-refractivity contribution >= 4 is 44.4 Å². The van der Waals surface area contributed by atoms with Crippen LogP contribution in [0.15, 0.2) is 35.4 Å². The van der Waals surface area contributed by atoms with Crippen LogP contribution in [0, 0.1) is 0 Å². The summed E-state index contributed by atoms with van der Waals surface area (Å²) in [7, 11) is 0. The zero-order chi connectivity index (χ0) is 24.4. The van der Waals surface area contributed by atoms with Crippen molar-refractivity contribution in [3.63, 3.8) is 0 Å². The Bertz CT molecular complexity index is 1410. The summed E-state index contributed by atoms with van der Waals surface area (Å²) in [4.78, 5) is 39.8. The molecule has 1 aromatic carbocycles. The Morgan fingerprint density at radius 3 is 2.77 bits per heavy atom. The Hall–Kier alpha value is -3.04. The first-order valence-corrected chi connectivity index (χ1v) is 13.4. The van der Waals surface area contributed by atoms with Gasteiger partial charge in [0.1, 0.15) is 4.83 Å². The number of nitrogens with zero attached hydrogens (tertiary/aromatic N) is 5. The van der Waals surface area contributed by atoms with Crippen molar-refractivity contribution in [3.8, 4) is 0 Å². The van der Waals surface area contributed by atoms with Gasteiger partial charge >= 0.3 is 0 Å². The Morgan fingerprint density at radius 2 is 1.94 bits per heavy atom. The lowest BCUT2D eigenvalue weighted by molar-refractivity contribution is -0.116. The summed E-state index contributed by atoms with van der Waals surface area (Å²) >= 11 is 1.64. The van der Waals surface area contributed by atoms with Crippen LogP contribution in [0.2, 0.25) is 0 Å². The van der Waals surface area contributed by atoms with E-state index in [0.29, 0.717) is 5.95 Å². The Balaban J connectivity index is 1.32. The number of nitrogens with one attached hydrogen (secondary N) is 1. The molecule has 0 saturated heterocycles. The number of likely N-dealkylation sites (N-methyl/N-ethyl adjacent to an activating group) is 1. The first-order valence-electron chi connectivity index (χ1n) is 12.6. The first-order chi connectivity index (χ1) is 17.1. The van der Waals surface area contributed by atoms with Gasteiger partial charge in [0.05, 0.1) is 22.7 Å². The molecule has 0 spiro atoms. The largest absolute Gasteiger partial charge is 0.309 e. The molecule has 8 nitrogen and oxygen atoms in total. The van der Waals surface area contributed by atoms with Crippen LogP contribution in [0.1, 0.15) is 43.6 Å². The number of aryl methyl sites for hydroxylation is 3. The predicted octanol–water partition coefficient (Wildman–Crippen LogP) is 4.06. The lowest BCUT2D eigenvalue weighted by atomic mass is 9.97. The van der Waals surface area contributed by atoms with Crippen molar-refractivity contribution in [3.05, 3.63) is 51.4 Å². The van der Waals surface area contributed by atoms with E-state index in [1.54, 1.807) is 22.2 Å². The molecule has 1 aliphatic carbocycles. The van der Waals surface area contributed by atoms with Gasteiger partial charge in [-0.05, 0) is 56.5 Å². The second kappa shape index (κ2) is 10.3. The number of benzene rings is 1. The van der Waals surface area contributed by atoms with Crippen LogP contribution in [0.25, 0.3) is 21.3 Å². The minimum atomic E-state index is -0.163. The fourth-order valence-electron chi connectivity index (χ4n) is 4.93. The number of imidazole rings is 1. The van der Waals surface area contributed by atoms with E-state index in [-0.39, 0.29) is 24.4 Å². The van der Waals surface area contributed by atoms with E-state index < -0.39 is 0 Å². The molecule has 0 bridgehead atoms. The topological polar surface area (TPSA) is 85.0 Å². The van der Waals surface area contributed by atoms with Gasteiger partial charge in [-0.1, -0.05) is 26.0 Å². The fourth-order valence-corrected chi connectivity index (χ4v) is 6.15. The van der Waals surface area contributed by atoms with Crippen LogP contribution in [0.3, 0.4) is 0 Å². The van der Waals surface area contributed by atoms with Crippen LogP contribution < -0.4 is 10.9 Å². The monoisotopic (exact) mass is 492 g/mol. The van der Waals surface area contributed by atoms with Crippen LogP contribution >= 0.6 is 11.3 Å². The number of thiophene rings is 1. The second-order valence-electron chi connectivity index (χ2n) is 9.03. The molecule has 0 atom stereocenters. The maximum absolute atomic E-state index is 13.2. The van der Waals surface area contributed by atoms with Crippen molar-refractivity contribution in [2.75, 3.05) is 25.0 Å². The minimum Gasteiger partial charge on any atom is -0.309 e. The van der Waals surface area contributed by atoms with Gasteiger partial charge in [-0.2, -0.15) is 0 Å². The summed E-state index contributed by atoms with van der Waals surface area (Å²) in [6.45, 7) is 8.16. The second-order valence-corrected chi connectivity index (χ2v) is 10.1. The molecular formula is C26H32N6O2S. The fraction of sp³-hybridized carbons (Fsp3) is 0.462. The summed E-state index contributed by atoms with van der Waals surface area (Å²) in [5.41, 5.74) is 3.00. The highest BCUT2D eigenvalue weighted by Gasteiger charge is 2.20. The number of amides is 1. The highest BCUT2D eigenvalue weighted by Crippen LogP contribution is 2.33.